The molecule has 52 valence electrons. The number of rotatable bonds is 0. The third-order valence-corrected chi connectivity index (χ3v) is 2.07. The van der Waals surface area contributed by atoms with Gasteiger partial charge >= 0.3 is 0 Å². The lowest BCUT2D eigenvalue weighted by Crippen LogP contribution is -2.44. The minimum Gasteiger partial charge on any atom is -0.374 e. The molecule has 0 aliphatic carbocycles. The van der Waals surface area contributed by atoms with Gasteiger partial charge in [-0.05, 0) is 6.42 Å². The molecule has 2 aliphatic heterocycles. The number of ether oxygens (including phenoxy) is 2. The molecule has 0 aromatic carbocycles. The van der Waals surface area contributed by atoms with E-state index in [9.17, 15) is 0 Å². The summed E-state index contributed by atoms with van der Waals surface area (Å²) in [6.07, 6.45) is 1.44. The molecular weight excluding hydrogens is 118 g/mol. The van der Waals surface area contributed by atoms with Gasteiger partial charge in [0.25, 0.3) is 0 Å². The van der Waals surface area contributed by atoms with Gasteiger partial charge in [0.2, 0.25) is 0 Å². The predicted octanol–water partition coefficient (Wildman–Crippen LogP) is -0.499. The van der Waals surface area contributed by atoms with Crippen LogP contribution < -0.4 is 5.73 Å². The van der Waals surface area contributed by atoms with E-state index in [1.807, 2.05) is 0 Å². The molecule has 3 unspecified atom stereocenters. The van der Waals surface area contributed by atoms with Crippen LogP contribution in [0.2, 0.25) is 0 Å². The van der Waals surface area contributed by atoms with E-state index < -0.39 is 0 Å². The van der Waals surface area contributed by atoms with Gasteiger partial charge in [-0.1, -0.05) is 0 Å². The van der Waals surface area contributed by atoms with E-state index in [0.29, 0.717) is 6.61 Å². The third-order valence-electron chi connectivity index (χ3n) is 2.07. The van der Waals surface area contributed by atoms with Crippen molar-refractivity contribution in [2.45, 2.75) is 24.7 Å². The second-order valence-corrected chi connectivity index (χ2v) is 2.65. The number of hydrogen-bond acceptors (Lipinski definition) is 3. The van der Waals surface area contributed by atoms with Crippen molar-refractivity contribution in [2.24, 2.45) is 5.73 Å². The van der Waals surface area contributed by atoms with E-state index >= 15 is 0 Å². The van der Waals surface area contributed by atoms with Gasteiger partial charge in [-0.3, -0.25) is 0 Å². The maximum absolute atomic E-state index is 5.73. The molecule has 0 amide bonds. The number of nitrogens with two attached hydrogens (primary N) is 1. The summed E-state index contributed by atoms with van der Waals surface area (Å²) in [6, 6.07) is 0.138. The number of hydrogen-bond donors (Lipinski definition) is 1. The first-order valence-corrected chi connectivity index (χ1v) is 3.37. The Balaban J connectivity index is 2.10. The Kier molecular flexibility index (Phi) is 1.22. The Morgan fingerprint density at radius 3 is 2.78 bits per heavy atom. The smallest absolute Gasteiger partial charge is 0.0984 e. The van der Waals surface area contributed by atoms with Crippen molar-refractivity contribution >= 4 is 0 Å². The summed E-state index contributed by atoms with van der Waals surface area (Å²) in [7, 11) is 0. The minimum absolute atomic E-state index is 0.138. The summed E-state index contributed by atoms with van der Waals surface area (Å²) >= 11 is 0. The van der Waals surface area contributed by atoms with Crippen molar-refractivity contribution in [2.75, 3.05) is 13.2 Å². The highest BCUT2D eigenvalue weighted by Gasteiger charge is 2.38. The molecule has 2 aliphatic rings. The predicted molar refractivity (Wildman–Crippen MR) is 32.1 cm³/mol. The van der Waals surface area contributed by atoms with Gasteiger partial charge in [-0.15, -0.1) is 0 Å². The lowest BCUT2D eigenvalue weighted by atomic mass is 10.0. The van der Waals surface area contributed by atoms with Crippen molar-refractivity contribution in [3.63, 3.8) is 0 Å². The zero-order valence-electron chi connectivity index (χ0n) is 5.25. The van der Waals surface area contributed by atoms with Crippen LogP contribution in [0.1, 0.15) is 6.42 Å². The van der Waals surface area contributed by atoms with Crippen LogP contribution in [-0.4, -0.2) is 31.5 Å². The van der Waals surface area contributed by atoms with Crippen molar-refractivity contribution in [3.8, 4) is 0 Å². The molecule has 9 heavy (non-hydrogen) atoms. The molecule has 0 aromatic heterocycles. The SMILES string of the molecule is NC1C2CCOC1CO2. The average Bonchev–Trinajstić information content (AvgIpc) is 2.19. The lowest BCUT2D eigenvalue weighted by Gasteiger charge is -2.23. The fraction of sp³-hybridized carbons (Fsp3) is 1.00. The van der Waals surface area contributed by atoms with Crippen LogP contribution in [-0.2, 0) is 9.47 Å². The molecule has 2 heterocycles. The van der Waals surface area contributed by atoms with Gasteiger partial charge < -0.3 is 15.2 Å². The lowest BCUT2D eigenvalue weighted by molar-refractivity contribution is 0.0252. The highest BCUT2D eigenvalue weighted by Crippen LogP contribution is 2.22. The topological polar surface area (TPSA) is 44.5 Å². The van der Waals surface area contributed by atoms with Gasteiger partial charge in [-0.2, -0.15) is 0 Å². The van der Waals surface area contributed by atoms with Crippen molar-refractivity contribution in [3.05, 3.63) is 0 Å². The van der Waals surface area contributed by atoms with Crippen LogP contribution in [0, 0.1) is 0 Å². The Labute approximate surface area is 54.1 Å². The van der Waals surface area contributed by atoms with E-state index in [2.05, 4.69) is 0 Å². The molecule has 3 nitrogen and oxygen atoms in total. The highest BCUT2D eigenvalue weighted by molar-refractivity contribution is 4.90. The van der Waals surface area contributed by atoms with Crippen molar-refractivity contribution in [1.82, 2.24) is 0 Å². The minimum atomic E-state index is 0.138. The quantitative estimate of drug-likeness (QED) is 0.479. The molecule has 0 radical (unpaired) electrons. The molecular formula is C6H11NO2. The average molecular weight is 129 g/mol. The van der Waals surface area contributed by atoms with Crippen LogP contribution >= 0.6 is 0 Å². The standard InChI is InChI=1S/C6H11NO2/c7-6-4-1-2-8-5(6)3-9-4/h4-6H,1-3,7H2. The summed E-state index contributed by atoms with van der Waals surface area (Å²) in [5.41, 5.74) is 5.73. The van der Waals surface area contributed by atoms with Crippen LogP contribution in [0.15, 0.2) is 0 Å². The maximum Gasteiger partial charge on any atom is 0.0984 e. The number of fused-ring (bicyclic) bond motifs is 2. The van der Waals surface area contributed by atoms with E-state index in [1.54, 1.807) is 0 Å². The summed E-state index contributed by atoms with van der Waals surface area (Å²) < 4.78 is 10.7. The van der Waals surface area contributed by atoms with Crippen LogP contribution in [0.3, 0.4) is 0 Å². The molecule has 2 fully saturated rings. The van der Waals surface area contributed by atoms with Gasteiger partial charge in [0.15, 0.2) is 0 Å². The van der Waals surface area contributed by atoms with Crippen LogP contribution in [0.25, 0.3) is 0 Å². The van der Waals surface area contributed by atoms with E-state index in [1.165, 1.54) is 0 Å². The van der Waals surface area contributed by atoms with Crippen LogP contribution in [0.5, 0.6) is 0 Å². The molecule has 0 spiro atoms. The molecule has 2 bridgehead atoms. The zero-order chi connectivity index (χ0) is 6.27. The Hall–Kier alpha value is -0.120. The van der Waals surface area contributed by atoms with Gasteiger partial charge in [-0.25, -0.2) is 0 Å². The molecule has 2 N–H and O–H groups in total. The fourth-order valence-corrected chi connectivity index (χ4v) is 1.45. The summed E-state index contributed by atoms with van der Waals surface area (Å²) in [4.78, 5) is 0. The Bertz CT molecular complexity index is 102. The van der Waals surface area contributed by atoms with Gasteiger partial charge in [0, 0.05) is 6.61 Å². The third kappa shape index (κ3) is 0.764. The van der Waals surface area contributed by atoms with Gasteiger partial charge in [0.1, 0.15) is 0 Å². The highest BCUT2D eigenvalue weighted by atomic mass is 16.6. The van der Waals surface area contributed by atoms with Gasteiger partial charge in [0.05, 0.1) is 24.9 Å². The van der Waals surface area contributed by atoms with Crippen molar-refractivity contribution in [1.29, 1.82) is 0 Å². The first kappa shape index (κ1) is 5.65. The molecule has 0 aromatic rings. The first-order chi connectivity index (χ1) is 4.38. The normalized spacial score (nSPS) is 49.7. The van der Waals surface area contributed by atoms with E-state index in [4.69, 9.17) is 15.2 Å². The molecule has 3 heteroatoms. The largest absolute Gasteiger partial charge is 0.374 e. The summed E-state index contributed by atoms with van der Waals surface area (Å²) in [6.45, 7) is 1.52. The fourth-order valence-electron chi connectivity index (χ4n) is 1.45. The molecule has 2 rings (SSSR count). The Morgan fingerprint density at radius 1 is 1.22 bits per heavy atom. The maximum atomic E-state index is 5.73. The van der Waals surface area contributed by atoms with Crippen molar-refractivity contribution < 1.29 is 9.47 Å². The molecule has 3 atom stereocenters. The zero-order valence-corrected chi connectivity index (χ0v) is 5.25. The van der Waals surface area contributed by atoms with Crippen LogP contribution in [0.4, 0.5) is 0 Å². The first-order valence-electron chi connectivity index (χ1n) is 3.37. The van der Waals surface area contributed by atoms with E-state index in [-0.39, 0.29) is 18.2 Å². The Morgan fingerprint density at radius 2 is 2.11 bits per heavy atom. The monoisotopic (exact) mass is 129 g/mol. The molecule has 2 saturated heterocycles. The second kappa shape index (κ2) is 1.94. The van der Waals surface area contributed by atoms with E-state index in [0.717, 1.165) is 13.0 Å². The summed E-state index contributed by atoms with van der Waals surface area (Å²) in [5.74, 6) is 0. The molecule has 0 saturated carbocycles. The summed E-state index contributed by atoms with van der Waals surface area (Å²) in [5, 5.41) is 0. The second-order valence-electron chi connectivity index (χ2n) is 2.65.